The number of carbonyl (C=O) groups excluding carboxylic acids is 1. The van der Waals surface area contributed by atoms with Crippen molar-refractivity contribution >= 4 is 5.97 Å². The van der Waals surface area contributed by atoms with E-state index in [4.69, 9.17) is 9.47 Å². The van der Waals surface area contributed by atoms with E-state index in [0.29, 0.717) is 13.2 Å². The molecule has 0 aromatic heterocycles. The summed E-state index contributed by atoms with van der Waals surface area (Å²) in [5, 5.41) is 0. The third-order valence-corrected chi connectivity index (χ3v) is 2.48. The molecule has 0 aliphatic carbocycles. The summed E-state index contributed by atoms with van der Waals surface area (Å²) in [6, 6.07) is -0.0412. The topological polar surface area (TPSA) is 38.8 Å². The zero-order valence-electron chi connectivity index (χ0n) is 8.99. The summed E-state index contributed by atoms with van der Waals surface area (Å²) in [4.78, 5) is 13.4. The van der Waals surface area contributed by atoms with Crippen LogP contribution in [0.15, 0.2) is 0 Å². The van der Waals surface area contributed by atoms with Crippen LogP contribution in [0.2, 0.25) is 0 Å². The van der Waals surface area contributed by atoms with Crippen molar-refractivity contribution < 1.29 is 14.3 Å². The van der Waals surface area contributed by atoms with Crippen LogP contribution in [0.1, 0.15) is 20.3 Å². The van der Waals surface area contributed by atoms with E-state index in [9.17, 15) is 4.79 Å². The molecule has 0 bridgehead atoms. The molecule has 1 atom stereocenters. The van der Waals surface area contributed by atoms with Crippen LogP contribution >= 0.6 is 0 Å². The molecule has 1 unspecified atom stereocenters. The van der Waals surface area contributed by atoms with Gasteiger partial charge in [0.2, 0.25) is 0 Å². The fraction of sp³-hybridized carbons (Fsp3) is 0.900. The molecule has 1 rings (SSSR count). The molecule has 0 aromatic rings. The first-order valence-corrected chi connectivity index (χ1v) is 5.28. The van der Waals surface area contributed by atoms with Gasteiger partial charge in [-0.3, -0.25) is 9.69 Å². The molecular formula is C10H19NO3. The maximum atomic E-state index is 11.3. The van der Waals surface area contributed by atoms with Crippen LogP contribution in [0.5, 0.6) is 0 Å². The number of cyclic esters (lactones) is 1. The summed E-state index contributed by atoms with van der Waals surface area (Å²) in [7, 11) is 0. The van der Waals surface area contributed by atoms with Gasteiger partial charge in [0.1, 0.15) is 6.04 Å². The van der Waals surface area contributed by atoms with E-state index >= 15 is 0 Å². The number of hydrogen-bond donors (Lipinski definition) is 0. The zero-order valence-corrected chi connectivity index (χ0v) is 8.99. The number of esters is 1. The predicted molar refractivity (Wildman–Crippen MR) is 53.1 cm³/mol. The molecule has 1 saturated heterocycles. The lowest BCUT2D eigenvalue weighted by atomic mass is 10.2. The lowest BCUT2D eigenvalue weighted by molar-refractivity contribution is -0.142. The molecule has 1 heterocycles. The first-order chi connectivity index (χ1) is 6.79. The Labute approximate surface area is 85.2 Å². The Bertz CT molecular complexity index is 184. The summed E-state index contributed by atoms with van der Waals surface area (Å²) in [5.41, 5.74) is 0. The van der Waals surface area contributed by atoms with E-state index in [1.165, 1.54) is 0 Å². The second-order valence-electron chi connectivity index (χ2n) is 3.30. The van der Waals surface area contributed by atoms with Crippen molar-refractivity contribution in [2.45, 2.75) is 26.3 Å². The predicted octanol–water partition coefficient (Wildman–Crippen LogP) is 0.660. The molecule has 4 nitrogen and oxygen atoms in total. The Hall–Kier alpha value is -0.610. The smallest absolute Gasteiger partial charge is 0.323 e. The third kappa shape index (κ3) is 2.96. The quantitative estimate of drug-likeness (QED) is 0.467. The van der Waals surface area contributed by atoms with E-state index in [2.05, 4.69) is 11.8 Å². The molecule has 0 spiro atoms. The maximum Gasteiger partial charge on any atom is 0.323 e. The van der Waals surface area contributed by atoms with Crippen molar-refractivity contribution in [3.8, 4) is 0 Å². The van der Waals surface area contributed by atoms with Gasteiger partial charge in [-0.25, -0.2) is 0 Å². The van der Waals surface area contributed by atoms with E-state index in [1.807, 2.05) is 6.92 Å². The van der Waals surface area contributed by atoms with Gasteiger partial charge in [0.15, 0.2) is 0 Å². The molecule has 0 aromatic carbocycles. The summed E-state index contributed by atoms with van der Waals surface area (Å²) < 4.78 is 10.2. The normalized spacial score (nSPS) is 21.6. The van der Waals surface area contributed by atoms with E-state index < -0.39 is 0 Å². The second kappa shape index (κ2) is 5.98. The Kier molecular flexibility index (Phi) is 4.90. The van der Waals surface area contributed by atoms with Crippen molar-refractivity contribution in [1.29, 1.82) is 0 Å². The number of carbonyl (C=O) groups is 1. The fourth-order valence-corrected chi connectivity index (χ4v) is 1.68. The molecule has 1 aliphatic rings. The molecule has 0 radical (unpaired) electrons. The van der Waals surface area contributed by atoms with E-state index in [1.54, 1.807) is 0 Å². The highest BCUT2D eigenvalue weighted by molar-refractivity contribution is 5.77. The molecule has 1 fully saturated rings. The minimum absolute atomic E-state index is 0.0412. The van der Waals surface area contributed by atoms with Gasteiger partial charge >= 0.3 is 5.97 Å². The van der Waals surface area contributed by atoms with Crippen LogP contribution in [0.3, 0.4) is 0 Å². The number of hydrogen-bond acceptors (Lipinski definition) is 4. The van der Waals surface area contributed by atoms with Gasteiger partial charge in [0.05, 0.1) is 13.2 Å². The minimum atomic E-state index is -0.0802. The van der Waals surface area contributed by atoms with Gasteiger partial charge in [0.25, 0.3) is 0 Å². The van der Waals surface area contributed by atoms with Crippen molar-refractivity contribution in [2.75, 3.05) is 32.9 Å². The van der Waals surface area contributed by atoms with Crippen molar-refractivity contribution in [1.82, 2.24) is 4.90 Å². The Morgan fingerprint density at radius 3 is 2.86 bits per heavy atom. The molecule has 82 valence electrons. The van der Waals surface area contributed by atoms with Crippen molar-refractivity contribution in [3.05, 3.63) is 0 Å². The van der Waals surface area contributed by atoms with Gasteiger partial charge in [-0.2, -0.15) is 0 Å². The highest BCUT2D eigenvalue weighted by Crippen LogP contribution is 2.13. The van der Waals surface area contributed by atoms with E-state index in [0.717, 1.165) is 26.1 Å². The number of likely N-dealkylation sites (N-methyl/N-ethyl adjacent to an activating group) is 1. The Morgan fingerprint density at radius 2 is 2.36 bits per heavy atom. The highest BCUT2D eigenvalue weighted by atomic mass is 16.5. The van der Waals surface area contributed by atoms with Crippen LogP contribution in [0.4, 0.5) is 0 Å². The number of ether oxygens (including phenoxy) is 2. The lowest BCUT2D eigenvalue weighted by Crippen LogP contribution is -2.40. The first-order valence-electron chi connectivity index (χ1n) is 5.28. The molecule has 0 amide bonds. The molecule has 4 heteroatoms. The van der Waals surface area contributed by atoms with Gasteiger partial charge in [-0.15, -0.1) is 0 Å². The summed E-state index contributed by atoms with van der Waals surface area (Å²) in [5.74, 6) is -0.0802. The Balaban J connectivity index is 2.32. The average molecular weight is 201 g/mol. The van der Waals surface area contributed by atoms with Crippen LogP contribution in [0, 0.1) is 0 Å². The number of rotatable bonds is 6. The second-order valence-corrected chi connectivity index (χ2v) is 3.30. The van der Waals surface area contributed by atoms with Crippen molar-refractivity contribution in [2.24, 2.45) is 0 Å². The molecule has 0 saturated carbocycles. The van der Waals surface area contributed by atoms with Crippen LogP contribution in [-0.2, 0) is 14.3 Å². The lowest BCUT2D eigenvalue weighted by Gasteiger charge is -2.23. The fourth-order valence-electron chi connectivity index (χ4n) is 1.68. The minimum Gasteiger partial charge on any atom is -0.464 e. The van der Waals surface area contributed by atoms with Gasteiger partial charge in [-0.05, 0) is 13.5 Å². The zero-order chi connectivity index (χ0) is 10.4. The van der Waals surface area contributed by atoms with Gasteiger partial charge < -0.3 is 9.47 Å². The van der Waals surface area contributed by atoms with Gasteiger partial charge in [-0.1, -0.05) is 6.92 Å². The highest BCUT2D eigenvalue weighted by Gasteiger charge is 2.30. The first kappa shape index (κ1) is 11.5. The van der Waals surface area contributed by atoms with Crippen molar-refractivity contribution in [3.63, 3.8) is 0 Å². The molecule has 0 N–H and O–H groups in total. The van der Waals surface area contributed by atoms with Crippen LogP contribution in [0.25, 0.3) is 0 Å². The summed E-state index contributed by atoms with van der Waals surface area (Å²) in [6.07, 6.45) is 0.818. The van der Waals surface area contributed by atoms with Crippen LogP contribution in [-0.4, -0.2) is 49.8 Å². The average Bonchev–Trinajstić information content (AvgIpc) is 2.60. The Morgan fingerprint density at radius 1 is 1.57 bits per heavy atom. The monoisotopic (exact) mass is 201 g/mol. The molecule has 1 aliphatic heterocycles. The van der Waals surface area contributed by atoms with Gasteiger partial charge in [0, 0.05) is 19.6 Å². The van der Waals surface area contributed by atoms with Crippen LogP contribution < -0.4 is 0 Å². The summed E-state index contributed by atoms with van der Waals surface area (Å²) >= 11 is 0. The summed E-state index contributed by atoms with van der Waals surface area (Å²) in [6.45, 7) is 7.68. The molecular weight excluding hydrogens is 182 g/mol. The SMILES string of the molecule is CCOCCN(CC)C1CCOC1=O. The number of nitrogens with zero attached hydrogens (tertiary/aromatic N) is 1. The molecule has 14 heavy (non-hydrogen) atoms. The third-order valence-electron chi connectivity index (χ3n) is 2.48. The van der Waals surface area contributed by atoms with E-state index in [-0.39, 0.29) is 12.0 Å². The standard InChI is InChI=1S/C10H19NO3/c1-3-11(6-8-13-4-2)9-5-7-14-10(9)12/h9H,3-8H2,1-2H3. The maximum absolute atomic E-state index is 11.3. The largest absolute Gasteiger partial charge is 0.464 e.